The number of nitrogens with one attached hydrogen (secondary N) is 2. The van der Waals surface area contributed by atoms with Crippen molar-refractivity contribution in [2.75, 3.05) is 6.61 Å². The second-order valence-corrected chi connectivity index (χ2v) is 5.57. The van der Waals surface area contributed by atoms with Crippen LogP contribution in [0, 0.1) is 0 Å². The molecule has 0 radical (unpaired) electrons. The van der Waals surface area contributed by atoms with Crippen LogP contribution in [0.15, 0.2) is 63.9 Å². The van der Waals surface area contributed by atoms with Crippen molar-refractivity contribution in [3.63, 3.8) is 0 Å². The molecule has 2 aromatic carbocycles. The fourth-order valence-electron chi connectivity index (χ4n) is 2.10. The number of hydrazine groups is 1. The first-order chi connectivity index (χ1) is 11.3. The van der Waals surface area contributed by atoms with Gasteiger partial charge in [0, 0.05) is 10.3 Å². The minimum atomic E-state index is -0.341. The summed E-state index contributed by atoms with van der Waals surface area (Å²) in [5.41, 5.74) is 3.18. The molecule has 1 heterocycles. The number of fused-ring (bicyclic) bond motifs is 1. The number of hydrogen-bond acceptors (Lipinski definition) is 5. The summed E-state index contributed by atoms with van der Waals surface area (Å²) >= 11 is 1.31. The van der Waals surface area contributed by atoms with Crippen LogP contribution in [-0.2, 0) is 0 Å². The molecule has 3 rings (SSSR count). The van der Waals surface area contributed by atoms with Crippen molar-refractivity contribution < 1.29 is 13.9 Å². The number of hydrogen-bond donors (Lipinski definition) is 2. The van der Waals surface area contributed by atoms with Gasteiger partial charge in [-0.1, -0.05) is 30.3 Å². The molecule has 0 atom stereocenters. The Balaban J connectivity index is 1.67. The molecule has 118 valence electrons. The number of carbonyl (C=O) groups is 1. The van der Waals surface area contributed by atoms with E-state index in [2.05, 4.69) is 10.3 Å². The maximum Gasteiger partial charge on any atom is 0.301 e. The Bertz CT molecular complexity index is 802. The van der Waals surface area contributed by atoms with Gasteiger partial charge in [-0.05, 0) is 43.1 Å². The number of rotatable bonds is 6. The van der Waals surface area contributed by atoms with Gasteiger partial charge >= 0.3 is 5.91 Å². The Morgan fingerprint density at radius 2 is 2.00 bits per heavy atom. The van der Waals surface area contributed by atoms with Crippen LogP contribution in [0.1, 0.15) is 17.5 Å². The molecule has 5 nitrogen and oxygen atoms in total. The molecule has 0 saturated heterocycles. The smallest absolute Gasteiger partial charge is 0.301 e. The Morgan fingerprint density at radius 3 is 2.78 bits per heavy atom. The summed E-state index contributed by atoms with van der Waals surface area (Å²) in [6.45, 7) is 2.44. The molecule has 1 amide bonds. The summed E-state index contributed by atoms with van der Waals surface area (Å²) in [6, 6.07) is 17.0. The van der Waals surface area contributed by atoms with Crippen molar-refractivity contribution in [1.82, 2.24) is 10.3 Å². The summed E-state index contributed by atoms with van der Waals surface area (Å²) in [4.78, 5) is 16.0. The highest BCUT2D eigenvalue weighted by Gasteiger charge is 2.14. The van der Waals surface area contributed by atoms with Crippen molar-refractivity contribution in [2.24, 2.45) is 0 Å². The average molecular weight is 328 g/mol. The van der Waals surface area contributed by atoms with Gasteiger partial charge in [-0.25, -0.2) is 0 Å². The predicted octanol–water partition coefficient (Wildman–Crippen LogP) is 3.77. The van der Waals surface area contributed by atoms with Crippen LogP contribution in [-0.4, -0.2) is 12.5 Å². The van der Waals surface area contributed by atoms with Gasteiger partial charge in [-0.3, -0.25) is 10.2 Å². The average Bonchev–Trinajstić information content (AvgIpc) is 3.01. The number of furan rings is 1. The summed E-state index contributed by atoms with van der Waals surface area (Å²) < 4.78 is 11.1. The van der Waals surface area contributed by atoms with Gasteiger partial charge in [-0.15, -0.1) is 0 Å². The minimum absolute atomic E-state index is 0.230. The molecule has 0 aliphatic carbocycles. The largest absolute Gasteiger partial charge is 0.490 e. The first-order valence-corrected chi connectivity index (χ1v) is 8.02. The van der Waals surface area contributed by atoms with Crippen LogP contribution in [0.25, 0.3) is 11.0 Å². The number of amides is 1. The normalized spacial score (nSPS) is 10.7. The summed E-state index contributed by atoms with van der Waals surface area (Å²) in [5.74, 6) is 0.524. The highest BCUT2D eigenvalue weighted by molar-refractivity contribution is 7.97. The molecule has 0 aliphatic heterocycles. The Labute approximate surface area is 138 Å². The lowest BCUT2D eigenvalue weighted by Crippen LogP contribution is -2.32. The quantitative estimate of drug-likeness (QED) is 0.533. The molecule has 0 fully saturated rings. The van der Waals surface area contributed by atoms with Crippen LogP contribution in [0.2, 0.25) is 0 Å². The zero-order chi connectivity index (χ0) is 16.1. The third-order valence-corrected chi connectivity index (χ3v) is 3.82. The molecule has 0 saturated carbocycles. The first-order valence-electron chi connectivity index (χ1n) is 7.20. The lowest BCUT2D eigenvalue weighted by Gasteiger charge is -2.04. The van der Waals surface area contributed by atoms with Crippen molar-refractivity contribution in [2.45, 2.75) is 11.8 Å². The molecular formula is C17H16N2O3S. The topological polar surface area (TPSA) is 63.5 Å². The van der Waals surface area contributed by atoms with E-state index in [1.54, 1.807) is 6.07 Å². The maximum absolute atomic E-state index is 12.2. The SMILES string of the molecule is CCOc1cccc2cc(C(=O)NNSc3ccccc3)oc12. The fourth-order valence-corrected chi connectivity index (χ4v) is 2.65. The highest BCUT2D eigenvalue weighted by atomic mass is 32.2. The molecule has 0 bridgehead atoms. The van der Waals surface area contributed by atoms with Crippen LogP contribution >= 0.6 is 11.9 Å². The summed E-state index contributed by atoms with van der Waals surface area (Å²) in [7, 11) is 0. The van der Waals surface area contributed by atoms with Crippen molar-refractivity contribution in [3.8, 4) is 5.75 Å². The lowest BCUT2D eigenvalue weighted by molar-refractivity contribution is 0.0921. The van der Waals surface area contributed by atoms with Crippen LogP contribution in [0.5, 0.6) is 5.75 Å². The molecule has 23 heavy (non-hydrogen) atoms. The third kappa shape index (κ3) is 3.67. The Kier molecular flexibility index (Phi) is 4.85. The maximum atomic E-state index is 12.2. The van der Waals surface area contributed by atoms with Crippen LogP contribution in [0.4, 0.5) is 0 Å². The fraction of sp³-hybridized carbons (Fsp3) is 0.118. The van der Waals surface area contributed by atoms with Crippen LogP contribution in [0.3, 0.4) is 0 Å². The van der Waals surface area contributed by atoms with E-state index >= 15 is 0 Å². The van der Waals surface area contributed by atoms with E-state index < -0.39 is 0 Å². The monoisotopic (exact) mass is 328 g/mol. The summed E-state index contributed by atoms with van der Waals surface area (Å²) in [6.07, 6.45) is 0. The lowest BCUT2D eigenvalue weighted by atomic mass is 10.2. The van der Waals surface area contributed by atoms with E-state index in [1.807, 2.05) is 55.5 Å². The Hall–Kier alpha value is -2.44. The minimum Gasteiger partial charge on any atom is -0.490 e. The van der Waals surface area contributed by atoms with E-state index in [0.29, 0.717) is 17.9 Å². The van der Waals surface area contributed by atoms with Crippen molar-refractivity contribution >= 4 is 28.8 Å². The zero-order valence-electron chi connectivity index (χ0n) is 12.5. The Morgan fingerprint density at radius 1 is 1.17 bits per heavy atom. The number of benzene rings is 2. The standard InChI is InChI=1S/C17H16N2O3S/c1-2-21-14-10-6-7-12-11-15(22-16(12)14)17(20)18-19-23-13-8-4-3-5-9-13/h3-11,19H,2H2,1H3,(H,18,20). The second-order valence-electron chi connectivity index (χ2n) is 4.69. The molecule has 2 N–H and O–H groups in total. The highest BCUT2D eigenvalue weighted by Crippen LogP contribution is 2.28. The van der Waals surface area contributed by atoms with E-state index in [9.17, 15) is 4.79 Å². The summed E-state index contributed by atoms with van der Waals surface area (Å²) in [5, 5.41) is 0.830. The molecule has 3 aromatic rings. The van der Waals surface area contributed by atoms with Gasteiger partial charge in [0.2, 0.25) is 0 Å². The molecule has 6 heteroatoms. The van der Waals surface area contributed by atoms with Crippen molar-refractivity contribution in [1.29, 1.82) is 0 Å². The zero-order valence-corrected chi connectivity index (χ0v) is 13.4. The molecule has 0 spiro atoms. The van der Waals surface area contributed by atoms with Crippen LogP contribution < -0.4 is 15.0 Å². The number of ether oxygens (including phenoxy) is 1. The van der Waals surface area contributed by atoms with Gasteiger partial charge in [0.15, 0.2) is 17.1 Å². The first kappa shape index (κ1) is 15.5. The van der Waals surface area contributed by atoms with Gasteiger partial charge < -0.3 is 9.15 Å². The predicted molar refractivity (Wildman–Crippen MR) is 90.3 cm³/mol. The van der Waals surface area contributed by atoms with Crippen molar-refractivity contribution in [3.05, 3.63) is 60.4 Å². The van der Waals surface area contributed by atoms with E-state index in [0.717, 1.165) is 10.3 Å². The van der Waals surface area contributed by atoms with E-state index in [1.165, 1.54) is 11.9 Å². The molecular weight excluding hydrogens is 312 g/mol. The van der Waals surface area contributed by atoms with Gasteiger partial charge in [0.05, 0.1) is 6.61 Å². The van der Waals surface area contributed by atoms with Gasteiger partial charge in [0.25, 0.3) is 0 Å². The molecule has 1 aromatic heterocycles. The molecule has 0 unspecified atom stereocenters. The van der Waals surface area contributed by atoms with Gasteiger partial charge in [-0.2, -0.15) is 4.83 Å². The number of carbonyl (C=O) groups excluding carboxylic acids is 1. The van der Waals surface area contributed by atoms with E-state index in [-0.39, 0.29) is 11.7 Å². The number of para-hydroxylation sites is 1. The molecule has 0 aliphatic rings. The van der Waals surface area contributed by atoms with Gasteiger partial charge in [0.1, 0.15) is 0 Å². The second kappa shape index (κ2) is 7.21. The third-order valence-electron chi connectivity index (χ3n) is 3.11. The van der Waals surface area contributed by atoms with E-state index in [4.69, 9.17) is 9.15 Å².